The Hall–Kier alpha value is -0.380. The second-order valence-electron chi connectivity index (χ2n) is 5.83. The number of rotatable bonds is 3. The Morgan fingerprint density at radius 3 is 2.50 bits per heavy atom. The number of ether oxygens (including phenoxy) is 1. The fraction of sp³-hybridized carbons (Fsp3) is 0.600. The van der Waals surface area contributed by atoms with E-state index in [1.54, 1.807) is 0 Å². The largest absolute Gasteiger partial charge is 0.396 e. The summed E-state index contributed by atoms with van der Waals surface area (Å²) in [5.41, 5.74) is 2.75. The molecule has 0 unspecified atom stereocenters. The molecule has 98 valence electrons. The Bertz CT molecular complexity index is 456. The number of halogens is 1. The van der Waals surface area contributed by atoms with Gasteiger partial charge >= 0.3 is 0 Å². The predicted molar refractivity (Wildman–Crippen MR) is 74.7 cm³/mol. The van der Waals surface area contributed by atoms with Gasteiger partial charge in [0.15, 0.2) is 0 Å². The van der Waals surface area contributed by atoms with Crippen LogP contribution in [-0.4, -0.2) is 24.9 Å². The molecule has 0 amide bonds. The average molecular weight is 311 g/mol. The first-order chi connectivity index (χ1) is 8.63. The van der Waals surface area contributed by atoms with Gasteiger partial charge in [0.25, 0.3) is 0 Å². The topological polar surface area (TPSA) is 29.5 Å². The van der Waals surface area contributed by atoms with Crippen molar-refractivity contribution in [2.75, 3.05) is 19.8 Å². The molecule has 2 fully saturated rings. The summed E-state index contributed by atoms with van der Waals surface area (Å²) >= 11 is 3.57. The fourth-order valence-electron chi connectivity index (χ4n) is 3.55. The first kappa shape index (κ1) is 12.6. The molecule has 3 rings (SSSR count). The van der Waals surface area contributed by atoms with Crippen LogP contribution >= 0.6 is 15.9 Å². The van der Waals surface area contributed by atoms with Crippen LogP contribution in [0.3, 0.4) is 0 Å². The molecule has 0 spiro atoms. The van der Waals surface area contributed by atoms with Gasteiger partial charge < -0.3 is 9.84 Å². The van der Waals surface area contributed by atoms with E-state index >= 15 is 0 Å². The van der Waals surface area contributed by atoms with Crippen LogP contribution < -0.4 is 0 Å². The first-order valence-electron chi connectivity index (χ1n) is 6.59. The zero-order valence-electron chi connectivity index (χ0n) is 10.7. The second-order valence-corrected chi connectivity index (χ2v) is 6.74. The van der Waals surface area contributed by atoms with E-state index < -0.39 is 0 Å². The van der Waals surface area contributed by atoms with Crippen LogP contribution in [0.5, 0.6) is 0 Å². The molecule has 2 aliphatic rings. The molecule has 1 saturated heterocycles. The lowest BCUT2D eigenvalue weighted by Gasteiger charge is -2.60. The van der Waals surface area contributed by atoms with Gasteiger partial charge in [0, 0.05) is 16.5 Å². The molecule has 1 aliphatic heterocycles. The van der Waals surface area contributed by atoms with Crippen molar-refractivity contribution >= 4 is 15.9 Å². The number of aryl methyl sites for hydroxylation is 1. The van der Waals surface area contributed by atoms with Crippen molar-refractivity contribution in [3.8, 4) is 0 Å². The average Bonchev–Trinajstić information content (AvgIpc) is 2.25. The number of hydrogen-bond donors (Lipinski definition) is 1. The minimum absolute atomic E-state index is 0.0356. The molecule has 1 aliphatic carbocycles. The minimum atomic E-state index is 0.0356. The Morgan fingerprint density at radius 2 is 2.06 bits per heavy atom. The van der Waals surface area contributed by atoms with Gasteiger partial charge in [-0.3, -0.25) is 0 Å². The van der Waals surface area contributed by atoms with Gasteiger partial charge in [-0.25, -0.2) is 0 Å². The minimum Gasteiger partial charge on any atom is -0.396 e. The number of aliphatic hydroxyl groups is 1. The van der Waals surface area contributed by atoms with E-state index in [1.807, 2.05) is 0 Å². The second kappa shape index (κ2) is 4.32. The molecule has 0 atom stereocenters. The molecule has 1 saturated carbocycles. The SMILES string of the molecule is Cc1ccc(Br)cc1C1(C2(CO)CCC2)COC1. The number of benzene rings is 1. The third kappa shape index (κ3) is 1.54. The normalized spacial score (nSPS) is 24.2. The van der Waals surface area contributed by atoms with E-state index in [-0.39, 0.29) is 17.4 Å². The maximum absolute atomic E-state index is 9.89. The highest BCUT2D eigenvalue weighted by Crippen LogP contribution is 2.58. The van der Waals surface area contributed by atoms with Crippen LogP contribution in [0.4, 0.5) is 0 Å². The molecule has 1 N–H and O–H groups in total. The standard InChI is InChI=1S/C15H19BrO2/c1-11-3-4-12(16)7-13(11)15(9-18-10-15)14(8-17)5-2-6-14/h3-4,7,17H,2,5-6,8-10H2,1H3. The summed E-state index contributed by atoms with van der Waals surface area (Å²) < 4.78 is 6.66. The smallest absolute Gasteiger partial charge is 0.0592 e. The summed E-state index contributed by atoms with van der Waals surface area (Å²) in [6.07, 6.45) is 3.48. The van der Waals surface area contributed by atoms with Gasteiger partial charge in [-0.1, -0.05) is 28.4 Å². The van der Waals surface area contributed by atoms with Crippen molar-refractivity contribution in [2.45, 2.75) is 31.6 Å². The van der Waals surface area contributed by atoms with Crippen molar-refractivity contribution in [2.24, 2.45) is 5.41 Å². The molecule has 2 nitrogen and oxygen atoms in total. The molecule has 0 aromatic heterocycles. The van der Waals surface area contributed by atoms with E-state index in [9.17, 15) is 5.11 Å². The molecule has 0 radical (unpaired) electrons. The van der Waals surface area contributed by atoms with E-state index in [0.29, 0.717) is 0 Å². The van der Waals surface area contributed by atoms with Crippen molar-refractivity contribution in [1.82, 2.24) is 0 Å². The molecule has 1 heterocycles. The van der Waals surface area contributed by atoms with Crippen LogP contribution in [0.1, 0.15) is 30.4 Å². The van der Waals surface area contributed by atoms with Crippen molar-refractivity contribution in [1.29, 1.82) is 0 Å². The maximum Gasteiger partial charge on any atom is 0.0592 e. The van der Waals surface area contributed by atoms with Gasteiger partial charge in [0.05, 0.1) is 18.6 Å². The molecule has 0 bridgehead atoms. The highest BCUT2D eigenvalue weighted by molar-refractivity contribution is 9.10. The quantitative estimate of drug-likeness (QED) is 0.929. The molecule has 1 aromatic carbocycles. The van der Waals surface area contributed by atoms with Crippen LogP contribution in [-0.2, 0) is 10.2 Å². The third-order valence-corrected chi connectivity index (χ3v) is 5.53. The van der Waals surface area contributed by atoms with E-state index in [0.717, 1.165) is 30.5 Å². The molecular formula is C15H19BrO2. The van der Waals surface area contributed by atoms with Crippen molar-refractivity contribution in [3.63, 3.8) is 0 Å². The van der Waals surface area contributed by atoms with E-state index in [1.165, 1.54) is 17.5 Å². The highest BCUT2D eigenvalue weighted by atomic mass is 79.9. The lowest BCUT2D eigenvalue weighted by molar-refractivity contribution is -0.173. The molecular weight excluding hydrogens is 292 g/mol. The zero-order chi connectivity index (χ0) is 12.8. The fourth-order valence-corrected chi connectivity index (χ4v) is 3.92. The van der Waals surface area contributed by atoms with Gasteiger partial charge in [-0.2, -0.15) is 0 Å². The summed E-state index contributed by atoms with van der Waals surface area (Å²) in [5, 5.41) is 9.89. The van der Waals surface area contributed by atoms with Crippen LogP contribution in [0.15, 0.2) is 22.7 Å². The van der Waals surface area contributed by atoms with Crippen LogP contribution in [0, 0.1) is 12.3 Å². The van der Waals surface area contributed by atoms with Gasteiger partial charge in [-0.05, 0) is 43.0 Å². The third-order valence-electron chi connectivity index (χ3n) is 5.04. The van der Waals surface area contributed by atoms with E-state index in [4.69, 9.17) is 4.74 Å². The highest BCUT2D eigenvalue weighted by Gasteiger charge is 2.59. The summed E-state index contributed by atoms with van der Waals surface area (Å²) in [6, 6.07) is 6.45. The zero-order valence-corrected chi connectivity index (χ0v) is 12.3. The Labute approximate surface area is 116 Å². The molecule has 1 aromatic rings. The van der Waals surface area contributed by atoms with Crippen LogP contribution in [0.2, 0.25) is 0 Å². The Balaban J connectivity index is 2.08. The summed E-state index contributed by atoms with van der Waals surface area (Å²) in [7, 11) is 0. The van der Waals surface area contributed by atoms with Crippen LogP contribution in [0.25, 0.3) is 0 Å². The summed E-state index contributed by atoms with van der Waals surface area (Å²) in [4.78, 5) is 0. The monoisotopic (exact) mass is 310 g/mol. The van der Waals surface area contributed by atoms with Gasteiger partial charge in [-0.15, -0.1) is 0 Å². The Kier molecular flexibility index (Phi) is 3.04. The Morgan fingerprint density at radius 1 is 1.33 bits per heavy atom. The van der Waals surface area contributed by atoms with E-state index in [2.05, 4.69) is 41.1 Å². The van der Waals surface area contributed by atoms with Gasteiger partial charge in [0.2, 0.25) is 0 Å². The lowest BCUT2D eigenvalue weighted by atomic mass is 9.49. The van der Waals surface area contributed by atoms with Crippen molar-refractivity contribution in [3.05, 3.63) is 33.8 Å². The summed E-state index contributed by atoms with van der Waals surface area (Å²) in [5.74, 6) is 0. The molecule has 3 heteroatoms. The summed E-state index contributed by atoms with van der Waals surface area (Å²) in [6.45, 7) is 3.95. The number of aliphatic hydroxyl groups excluding tert-OH is 1. The first-order valence-corrected chi connectivity index (χ1v) is 7.38. The maximum atomic E-state index is 9.89. The lowest BCUT2D eigenvalue weighted by Crippen LogP contribution is -2.63. The predicted octanol–water partition coefficient (Wildman–Crippen LogP) is 3.19. The molecule has 18 heavy (non-hydrogen) atoms. The number of hydrogen-bond acceptors (Lipinski definition) is 2. The van der Waals surface area contributed by atoms with Gasteiger partial charge in [0.1, 0.15) is 0 Å². The van der Waals surface area contributed by atoms with Crippen molar-refractivity contribution < 1.29 is 9.84 Å².